The lowest BCUT2D eigenvalue weighted by atomic mass is 10.1. The van der Waals surface area contributed by atoms with Crippen molar-refractivity contribution in [2.24, 2.45) is 7.05 Å². The molecule has 1 unspecified atom stereocenters. The van der Waals surface area contributed by atoms with Gasteiger partial charge in [0.05, 0.1) is 5.69 Å². The van der Waals surface area contributed by atoms with Crippen LogP contribution in [0.4, 0.5) is 0 Å². The Morgan fingerprint density at radius 3 is 2.42 bits per heavy atom. The highest BCUT2D eigenvalue weighted by molar-refractivity contribution is 9.10. The average Bonchev–Trinajstić information content (AvgIpc) is 2.76. The van der Waals surface area contributed by atoms with Gasteiger partial charge >= 0.3 is 5.97 Å². The molecular formula is C17H20BrN3O3. The molecule has 0 aliphatic heterocycles. The van der Waals surface area contributed by atoms with Crippen LogP contribution in [-0.4, -0.2) is 26.8 Å². The van der Waals surface area contributed by atoms with Crippen molar-refractivity contribution in [2.75, 3.05) is 0 Å². The summed E-state index contributed by atoms with van der Waals surface area (Å²) >= 11 is 3.31. The van der Waals surface area contributed by atoms with E-state index >= 15 is 0 Å². The molecule has 0 bridgehead atoms. The van der Waals surface area contributed by atoms with E-state index in [-0.39, 0.29) is 12.3 Å². The van der Waals surface area contributed by atoms with E-state index < -0.39 is 12.0 Å². The largest absolute Gasteiger partial charge is 0.479 e. The quantitative estimate of drug-likeness (QED) is 0.789. The Kier molecular flexibility index (Phi) is 5.77. The highest BCUT2D eigenvalue weighted by Gasteiger charge is 2.22. The first-order chi connectivity index (χ1) is 11.3. The van der Waals surface area contributed by atoms with Crippen molar-refractivity contribution in [3.8, 4) is 0 Å². The normalized spacial score (nSPS) is 12.0. The smallest absolute Gasteiger partial charge is 0.330 e. The number of aromatic nitrogens is 2. The van der Waals surface area contributed by atoms with E-state index in [9.17, 15) is 14.7 Å². The number of nitrogens with one attached hydrogen (secondary N) is 1. The van der Waals surface area contributed by atoms with Crippen LogP contribution in [0.25, 0.3) is 0 Å². The van der Waals surface area contributed by atoms with Crippen LogP contribution in [0.2, 0.25) is 0 Å². The van der Waals surface area contributed by atoms with Gasteiger partial charge in [-0.15, -0.1) is 0 Å². The number of carboxylic acid groups (broad SMARTS) is 1. The maximum atomic E-state index is 12.2. The van der Waals surface area contributed by atoms with E-state index in [0.29, 0.717) is 12.0 Å². The summed E-state index contributed by atoms with van der Waals surface area (Å²) in [4.78, 5) is 23.7. The Bertz CT molecular complexity index is 753. The molecule has 2 aromatic rings. The van der Waals surface area contributed by atoms with E-state index in [4.69, 9.17) is 0 Å². The van der Waals surface area contributed by atoms with Gasteiger partial charge in [-0.25, -0.2) is 4.79 Å². The number of carboxylic acids is 1. The number of carbonyl (C=O) groups excluding carboxylic acids is 1. The van der Waals surface area contributed by atoms with Gasteiger partial charge in [-0.3, -0.25) is 9.48 Å². The molecule has 0 aliphatic carbocycles. The number of amides is 1. The second kappa shape index (κ2) is 7.61. The van der Waals surface area contributed by atoms with Crippen molar-refractivity contribution < 1.29 is 14.7 Å². The lowest BCUT2D eigenvalue weighted by molar-refractivity contribution is -0.142. The predicted octanol–water partition coefficient (Wildman–Crippen LogP) is 2.67. The van der Waals surface area contributed by atoms with Crippen LogP contribution in [0.5, 0.6) is 0 Å². The Balaban J connectivity index is 2.03. The molecule has 0 spiro atoms. The van der Waals surface area contributed by atoms with E-state index in [1.165, 1.54) is 0 Å². The third-order valence-corrected chi connectivity index (χ3v) is 4.55. The summed E-state index contributed by atoms with van der Waals surface area (Å²) in [6, 6.07) is 5.80. The average molecular weight is 394 g/mol. The molecular weight excluding hydrogens is 374 g/mol. The van der Waals surface area contributed by atoms with Crippen molar-refractivity contribution in [2.45, 2.75) is 32.7 Å². The Labute approximate surface area is 149 Å². The zero-order chi connectivity index (χ0) is 17.9. The van der Waals surface area contributed by atoms with E-state index in [2.05, 4.69) is 26.3 Å². The van der Waals surface area contributed by atoms with Gasteiger partial charge in [0.1, 0.15) is 0 Å². The number of aryl methyl sites for hydroxylation is 2. The van der Waals surface area contributed by atoms with Crippen molar-refractivity contribution >= 4 is 27.8 Å². The topological polar surface area (TPSA) is 84.2 Å². The number of rotatable bonds is 6. The molecule has 7 heteroatoms. The van der Waals surface area contributed by atoms with Gasteiger partial charge in [-0.1, -0.05) is 28.1 Å². The number of halogens is 1. The number of nitrogens with zero attached hydrogens (tertiary/aromatic N) is 2. The number of hydrogen-bond donors (Lipinski definition) is 2. The van der Waals surface area contributed by atoms with Gasteiger partial charge in [0.2, 0.25) is 5.91 Å². The lowest BCUT2D eigenvalue weighted by Gasteiger charge is -2.15. The molecule has 0 saturated heterocycles. The fraction of sp³-hybridized carbons (Fsp3) is 0.353. The standard InChI is InChI=1S/C17H20BrN3O3/c1-10-14(11(2)21(3)20-10)8-9-15(22)19-16(17(23)24)12-4-6-13(18)7-5-12/h4-7,16H,8-9H2,1-3H3,(H,19,22)(H,23,24). The molecule has 1 aromatic heterocycles. The first kappa shape index (κ1) is 18.2. The molecule has 6 nitrogen and oxygen atoms in total. The van der Waals surface area contributed by atoms with E-state index in [1.54, 1.807) is 28.9 Å². The van der Waals surface area contributed by atoms with Crippen LogP contribution in [0.15, 0.2) is 28.7 Å². The van der Waals surface area contributed by atoms with Gasteiger partial charge in [-0.2, -0.15) is 5.10 Å². The second-order valence-corrected chi connectivity index (χ2v) is 6.58. The maximum Gasteiger partial charge on any atom is 0.330 e. The number of aliphatic carboxylic acids is 1. The molecule has 1 amide bonds. The molecule has 2 N–H and O–H groups in total. The van der Waals surface area contributed by atoms with Crippen LogP contribution in [0.1, 0.15) is 35.0 Å². The molecule has 0 saturated carbocycles. The number of benzene rings is 1. The van der Waals surface area contributed by atoms with Crippen LogP contribution < -0.4 is 5.32 Å². The first-order valence-corrected chi connectivity index (χ1v) is 8.35. The van der Waals surface area contributed by atoms with Gasteiger partial charge in [0.15, 0.2) is 6.04 Å². The Hall–Kier alpha value is -2.15. The highest BCUT2D eigenvalue weighted by atomic mass is 79.9. The monoisotopic (exact) mass is 393 g/mol. The summed E-state index contributed by atoms with van der Waals surface area (Å²) < 4.78 is 2.63. The van der Waals surface area contributed by atoms with Crippen LogP contribution in [0, 0.1) is 13.8 Å². The molecule has 1 heterocycles. The second-order valence-electron chi connectivity index (χ2n) is 5.66. The summed E-state index contributed by atoms with van der Waals surface area (Å²) in [5.74, 6) is -1.38. The Morgan fingerprint density at radius 1 is 1.29 bits per heavy atom. The minimum absolute atomic E-state index is 0.216. The van der Waals surface area contributed by atoms with E-state index in [0.717, 1.165) is 21.4 Å². The van der Waals surface area contributed by atoms with Crippen molar-refractivity contribution in [3.05, 3.63) is 51.3 Å². The molecule has 1 atom stereocenters. The molecule has 1 aromatic carbocycles. The zero-order valence-electron chi connectivity index (χ0n) is 13.8. The van der Waals surface area contributed by atoms with Crippen LogP contribution in [-0.2, 0) is 23.1 Å². The fourth-order valence-electron chi connectivity index (χ4n) is 2.59. The first-order valence-electron chi connectivity index (χ1n) is 7.56. The van der Waals surface area contributed by atoms with Crippen LogP contribution in [0.3, 0.4) is 0 Å². The molecule has 0 radical (unpaired) electrons. The van der Waals surface area contributed by atoms with Gasteiger partial charge in [0.25, 0.3) is 0 Å². The lowest BCUT2D eigenvalue weighted by Crippen LogP contribution is -2.33. The van der Waals surface area contributed by atoms with Gasteiger partial charge in [0, 0.05) is 23.6 Å². The maximum absolute atomic E-state index is 12.2. The third-order valence-electron chi connectivity index (χ3n) is 4.02. The predicted molar refractivity (Wildman–Crippen MR) is 93.7 cm³/mol. The van der Waals surface area contributed by atoms with Crippen molar-refractivity contribution in [1.82, 2.24) is 15.1 Å². The minimum atomic E-state index is -1.08. The molecule has 0 aliphatic rings. The van der Waals surface area contributed by atoms with Crippen molar-refractivity contribution in [3.63, 3.8) is 0 Å². The molecule has 0 fully saturated rings. The third kappa shape index (κ3) is 4.23. The summed E-state index contributed by atoms with van der Waals surface area (Å²) in [5.41, 5.74) is 3.48. The summed E-state index contributed by atoms with van der Waals surface area (Å²) in [7, 11) is 1.86. The zero-order valence-corrected chi connectivity index (χ0v) is 15.4. The van der Waals surface area contributed by atoms with E-state index in [1.807, 2.05) is 20.9 Å². The summed E-state index contributed by atoms with van der Waals surface area (Å²) in [5, 5.41) is 16.3. The van der Waals surface area contributed by atoms with Crippen LogP contribution >= 0.6 is 15.9 Å². The summed E-state index contributed by atoms with van der Waals surface area (Å²) in [6.45, 7) is 3.86. The van der Waals surface area contributed by atoms with Crippen molar-refractivity contribution in [1.29, 1.82) is 0 Å². The molecule has 24 heavy (non-hydrogen) atoms. The molecule has 2 rings (SSSR count). The SMILES string of the molecule is Cc1nn(C)c(C)c1CCC(=O)NC(C(=O)O)c1ccc(Br)cc1. The number of hydrogen-bond acceptors (Lipinski definition) is 3. The number of carbonyl (C=O) groups is 2. The van der Waals surface area contributed by atoms with Gasteiger partial charge < -0.3 is 10.4 Å². The highest BCUT2D eigenvalue weighted by Crippen LogP contribution is 2.18. The fourth-order valence-corrected chi connectivity index (χ4v) is 2.86. The summed E-state index contributed by atoms with van der Waals surface area (Å²) in [6.07, 6.45) is 0.748. The Morgan fingerprint density at radius 2 is 1.92 bits per heavy atom. The minimum Gasteiger partial charge on any atom is -0.479 e. The molecule has 128 valence electrons. The van der Waals surface area contributed by atoms with Gasteiger partial charge in [-0.05, 0) is 43.5 Å².